The zero-order chi connectivity index (χ0) is 19.5. The molecule has 0 atom stereocenters. The molecule has 0 bridgehead atoms. The molecule has 1 aromatic heterocycles. The SMILES string of the molecule is CCNC(=NCc1cccnc1OCCOC)NCc1ccc(Cl)cc1Cl. The molecule has 0 aliphatic rings. The van der Waals surface area contributed by atoms with Crippen LogP contribution in [0.3, 0.4) is 0 Å². The van der Waals surface area contributed by atoms with Gasteiger partial charge in [0.1, 0.15) is 6.61 Å². The summed E-state index contributed by atoms with van der Waals surface area (Å²) in [4.78, 5) is 8.88. The van der Waals surface area contributed by atoms with Crippen molar-refractivity contribution in [3.05, 3.63) is 57.7 Å². The molecular formula is C19H24Cl2N4O2. The second-order valence-corrected chi connectivity index (χ2v) is 6.44. The van der Waals surface area contributed by atoms with Crippen molar-refractivity contribution in [1.82, 2.24) is 15.6 Å². The lowest BCUT2D eigenvalue weighted by molar-refractivity contribution is 0.143. The van der Waals surface area contributed by atoms with E-state index in [1.54, 1.807) is 19.4 Å². The highest BCUT2D eigenvalue weighted by Crippen LogP contribution is 2.20. The molecule has 8 heteroatoms. The van der Waals surface area contributed by atoms with Crippen molar-refractivity contribution < 1.29 is 9.47 Å². The number of halogens is 2. The predicted octanol–water partition coefficient (Wildman–Crippen LogP) is 3.67. The number of hydrogen-bond donors (Lipinski definition) is 2. The zero-order valence-corrected chi connectivity index (χ0v) is 17.0. The monoisotopic (exact) mass is 410 g/mol. The van der Waals surface area contributed by atoms with Crippen LogP contribution >= 0.6 is 23.2 Å². The van der Waals surface area contributed by atoms with Crippen LogP contribution in [0.25, 0.3) is 0 Å². The molecule has 0 unspecified atom stereocenters. The van der Waals surface area contributed by atoms with Crippen LogP contribution in [0.4, 0.5) is 0 Å². The minimum absolute atomic E-state index is 0.430. The Balaban J connectivity index is 2.02. The van der Waals surface area contributed by atoms with Crippen LogP contribution in [0.2, 0.25) is 10.0 Å². The van der Waals surface area contributed by atoms with Crippen LogP contribution in [0.1, 0.15) is 18.1 Å². The molecule has 2 aromatic rings. The summed E-state index contributed by atoms with van der Waals surface area (Å²) in [6.45, 7) is 4.66. The first-order valence-electron chi connectivity index (χ1n) is 8.65. The van der Waals surface area contributed by atoms with Crippen molar-refractivity contribution in [3.63, 3.8) is 0 Å². The maximum absolute atomic E-state index is 6.22. The normalized spacial score (nSPS) is 11.3. The van der Waals surface area contributed by atoms with E-state index < -0.39 is 0 Å². The Morgan fingerprint density at radius 2 is 2.00 bits per heavy atom. The summed E-state index contributed by atoms with van der Waals surface area (Å²) in [6, 6.07) is 9.24. The summed E-state index contributed by atoms with van der Waals surface area (Å²) in [5, 5.41) is 7.71. The van der Waals surface area contributed by atoms with Gasteiger partial charge in [-0.15, -0.1) is 0 Å². The molecule has 0 radical (unpaired) electrons. The number of aliphatic imine (C=N–C) groups is 1. The van der Waals surface area contributed by atoms with E-state index in [0.29, 0.717) is 48.2 Å². The maximum Gasteiger partial charge on any atom is 0.218 e. The van der Waals surface area contributed by atoms with E-state index in [1.807, 2.05) is 31.2 Å². The number of nitrogens with one attached hydrogen (secondary N) is 2. The lowest BCUT2D eigenvalue weighted by atomic mass is 10.2. The largest absolute Gasteiger partial charge is 0.475 e. The fourth-order valence-corrected chi connectivity index (χ4v) is 2.72. The highest BCUT2D eigenvalue weighted by atomic mass is 35.5. The summed E-state index contributed by atoms with van der Waals surface area (Å²) in [5.41, 5.74) is 1.84. The van der Waals surface area contributed by atoms with Crippen molar-refractivity contribution in [2.75, 3.05) is 26.9 Å². The summed E-state index contributed by atoms with van der Waals surface area (Å²) in [5.74, 6) is 1.24. The van der Waals surface area contributed by atoms with Gasteiger partial charge in [0.15, 0.2) is 5.96 Å². The minimum Gasteiger partial charge on any atom is -0.475 e. The van der Waals surface area contributed by atoms with Crippen LogP contribution in [-0.2, 0) is 17.8 Å². The van der Waals surface area contributed by atoms with Gasteiger partial charge < -0.3 is 20.1 Å². The molecule has 2 N–H and O–H groups in total. The minimum atomic E-state index is 0.430. The van der Waals surface area contributed by atoms with E-state index in [2.05, 4.69) is 20.6 Å². The van der Waals surface area contributed by atoms with Gasteiger partial charge in [-0.25, -0.2) is 9.98 Å². The average molecular weight is 411 g/mol. The second kappa shape index (κ2) is 11.6. The van der Waals surface area contributed by atoms with E-state index in [0.717, 1.165) is 17.7 Å². The summed E-state index contributed by atoms with van der Waals surface area (Å²) < 4.78 is 10.7. The Labute approximate surface area is 169 Å². The molecule has 27 heavy (non-hydrogen) atoms. The molecule has 0 saturated carbocycles. The quantitative estimate of drug-likeness (QED) is 0.375. The van der Waals surface area contributed by atoms with E-state index >= 15 is 0 Å². The van der Waals surface area contributed by atoms with Gasteiger partial charge in [-0.2, -0.15) is 0 Å². The number of pyridine rings is 1. The molecule has 2 rings (SSSR count). The van der Waals surface area contributed by atoms with Crippen LogP contribution in [-0.4, -0.2) is 37.8 Å². The van der Waals surface area contributed by atoms with Gasteiger partial charge in [-0.1, -0.05) is 35.3 Å². The van der Waals surface area contributed by atoms with Gasteiger partial charge in [0.2, 0.25) is 5.88 Å². The van der Waals surface area contributed by atoms with E-state index in [1.165, 1.54) is 0 Å². The first-order valence-corrected chi connectivity index (χ1v) is 9.41. The predicted molar refractivity (Wildman–Crippen MR) is 110 cm³/mol. The van der Waals surface area contributed by atoms with Crippen molar-refractivity contribution in [3.8, 4) is 5.88 Å². The Morgan fingerprint density at radius 1 is 1.15 bits per heavy atom. The van der Waals surface area contributed by atoms with E-state index in [9.17, 15) is 0 Å². The van der Waals surface area contributed by atoms with Gasteiger partial charge in [0.05, 0.1) is 13.2 Å². The zero-order valence-electron chi connectivity index (χ0n) is 15.5. The number of rotatable bonds is 9. The fraction of sp³-hybridized carbons (Fsp3) is 0.368. The first-order chi connectivity index (χ1) is 13.1. The molecular weight excluding hydrogens is 387 g/mol. The lowest BCUT2D eigenvalue weighted by Gasteiger charge is -2.13. The van der Waals surface area contributed by atoms with Gasteiger partial charge in [-0.05, 0) is 30.7 Å². The van der Waals surface area contributed by atoms with Gasteiger partial charge in [0, 0.05) is 42.0 Å². The smallest absolute Gasteiger partial charge is 0.218 e. The number of nitrogens with zero attached hydrogens (tertiary/aromatic N) is 2. The number of aromatic nitrogens is 1. The standard InChI is InChI=1S/C19H24Cl2N4O2/c1-3-22-19(24-12-14-6-7-16(20)11-17(14)21)25-13-15-5-4-8-23-18(15)27-10-9-26-2/h4-8,11H,3,9-10,12-13H2,1-2H3,(H2,22,24,25). The first kappa shape index (κ1) is 21.3. The number of hydrogen-bond acceptors (Lipinski definition) is 4. The third-order valence-electron chi connectivity index (χ3n) is 3.59. The van der Waals surface area contributed by atoms with Gasteiger partial charge in [-0.3, -0.25) is 0 Å². The molecule has 0 aliphatic heterocycles. The van der Waals surface area contributed by atoms with Gasteiger partial charge >= 0.3 is 0 Å². The Bertz CT molecular complexity index is 756. The fourth-order valence-electron chi connectivity index (χ4n) is 2.25. The third kappa shape index (κ3) is 7.25. The summed E-state index contributed by atoms with van der Waals surface area (Å²) in [6.07, 6.45) is 1.70. The number of methoxy groups -OCH3 is 1. The maximum atomic E-state index is 6.22. The van der Waals surface area contributed by atoms with Crippen LogP contribution in [0, 0.1) is 0 Å². The Kier molecular flexibility index (Phi) is 9.18. The van der Waals surface area contributed by atoms with Crippen LogP contribution in [0.15, 0.2) is 41.5 Å². The molecule has 1 aromatic carbocycles. The number of guanidine groups is 1. The Morgan fingerprint density at radius 3 is 2.74 bits per heavy atom. The Hall–Kier alpha value is -2.02. The van der Waals surface area contributed by atoms with Crippen LogP contribution in [0.5, 0.6) is 5.88 Å². The highest BCUT2D eigenvalue weighted by Gasteiger charge is 2.06. The van der Waals surface area contributed by atoms with Crippen molar-refractivity contribution in [2.45, 2.75) is 20.0 Å². The molecule has 146 valence electrons. The number of ether oxygens (including phenoxy) is 2. The third-order valence-corrected chi connectivity index (χ3v) is 4.18. The molecule has 0 amide bonds. The molecule has 0 spiro atoms. The highest BCUT2D eigenvalue weighted by molar-refractivity contribution is 6.35. The topological polar surface area (TPSA) is 67.8 Å². The molecule has 0 aliphatic carbocycles. The lowest BCUT2D eigenvalue weighted by Crippen LogP contribution is -2.36. The van der Waals surface area contributed by atoms with Crippen molar-refractivity contribution in [1.29, 1.82) is 0 Å². The second-order valence-electron chi connectivity index (χ2n) is 5.59. The average Bonchev–Trinajstić information content (AvgIpc) is 2.66. The number of benzene rings is 1. The molecule has 1 heterocycles. The molecule has 6 nitrogen and oxygen atoms in total. The van der Waals surface area contributed by atoms with E-state index in [4.69, 9.17) is 32.7 Å². The van der Waals surface area contributed by atoms with E-state index in [-0.39, 0.29) is 0 Å². The summed E-state index contributed by atoms with van der Waals surface area (Å²) >= 11 is 12.2. The summed E-state index contributed by atoms with van der Waals surface area (Å²) in [7, 11) is 1.63. The molecule has 0 fully saturated rings. The van der Waals surface area contributed by atoms with Crippen LogP contribution < -0.4 is 15.4 Å². The van der Waals surface area contributed by atoms with Gasteiger partial charge in [0.25, 0.3) is 0 Å². The molecule has 0 saturated heterocycles. The van der Waals surface area contributed by atoms with Crippen molar-refractivity contribution >= 4 is 29.2 Å². The van der Waals surface area contributed by atoms with Crippen molar-refractivity contribution in [2.24, 2.45) is 4.99 Å².